The minimum atomic E-state index is -0.381. The van der Waals surface area contributed by atoms with E-state index in [0.717, 1.165) is 30.5 Å². The van der Waals surface area contributed by atoms with E-state index in [1.807, 2.05) is 6.07 Å². The van der Waals surface area contributed by atoms with Crippen LogP contribution in [0.15, 0.2) is 36.4 Å². The van der Waals surface area contributed by atoms with Gasteiger partial charge in [0.2, 0.25) is 0 Å². The first-order valence-corrected chi connectivity index (χ1v) is 8.13. The molecule has 5 heteroatoms. The molecule has 3 aromatic rings. The average molecular weight is 325 g/mol. The van der Waals surface area contributed by atoms with Gasteiger partial charge < -0.3 is 20.8 Å². The van der Waals surface area contributed by atoms with Crippen LogP contribution < -0.4 is 15.8 Å². The van der Waals surface area contributed by atoms with Crippen molar-refractivity contribution in [1.82, 2.24) is 4.98 Å². The number of H-pyrrole nitrogens is 1. The van der Waals surface area contributed by atoms with Crippen molar-refractivity contribution in [3.63, 3.8) is 0 Å². The molecule has 1 unspecified atom stereocenters. The lowest BCUT2D eigenvalue weighted by molar-refractivity contribution is 0.386. The smallest absolute Gasteiger partial charge is 0.167 e. The number of hydrogen-bond donors (Lipinski definition) is 3. The van der Waals surface area contributed by atoms with E-state index in [-0.39, 0.29) is 17.6 Å². The summed E-state index contributed by atoms with van der Waals surface area (Å²) in [6.07, 6.45) is 2.92. The van der Waals surface area contributed by atoms with Gasteiger partial charge in [-0.25, -0.2) is 4.39 Å². The number of fused-ring (bicyclic) bond motifs is 3. The molecule has 1 aromatic heterocycles. The molecule has 24 heavy (non-hydrogen) atoms. The molecule has 0 radical (unpaired) electrons. The number of anilines is 2. The number of hydrogen-bond acceptors (Lipinski definition) is 3. The highest BCUT2D eigenvalue weighted by Gasteiger charge is 2.20. The summed E-state index contributed by atoms with van der Waals surface area (Å²) in [5, 5.41) is 4.45. The third-order valence-corrected chi connectivity index (χ3v) is 4.67. The molecule has 4 rings (SSSR count). The highest BCUT2D eigenvalue weighted by Crippen LogP contribution is 2.32. The van der Waals surface area contributed by atoms with Gasteiger partial charge in [0.1, 0.15) is 0 Å². The Morgan fingerprint density at radius 2 is 2.00 bits per heavy atom. The van der Waals surface area contributed by atoms with Crippen molar-refractivity contribution in [2.75, 3.05) is 12.4 Å². The zero-order chi connectivity index (χ0) is 16.7. The fourth-order valence-electron chi connectivity index (χ4n) is 3.43. The number of aromatic amines is 1. The van der Waals surface area contributed by atoms with E-state index in [9.17, 15) is 4.39 Å². The standard InChI is InChI=1S/C19H20FN3O/c1-24-19-7-4-13(10-16(19)20)22-12-3-6-18-15(9-12)14-8-11(21)2-5-17(14)23-18/h3-4,6-7,9-11,22-23H,2,5,8,21H2,1H3. The van der Waals surface area contributed by atoms with Crippen molar-refractivity contribution in [1.29, 1.82) is 0 Å². The van der Waals surface area contributed by atoms with E-state index in [2.05, 4.69) is 22.4 Å². The minimum absolute atomic E-state index is 0.226. The predicted molar refractivity (Wildman–Crippen MR) is 94.5 cm³/mol. The van der Waals surface area contributed by atoms with Crippen molar-refractivity contribution < 1.29 is 9.13 Å². The lowest BCUT2D eigenvalue weighted by Gasteiger charge is -2.18. The van der Waals surface area contributed by atoms with E-state index < -0.39 is 0 Å². The molecule has 4 nitrogen and oxygen atoms in total. The highest BCUT2D eigenvalue weighted by molar-refractivity contribution is 5.88. The quantitative estimate of drug-likeness (QED) is 0.685. The van der Waals surface area contributed by atoms with E-state index in [4.69, 9.17) is 10.5 Å². The minimum Gasteiger partial charge on any atom is -0.494 e. The summed E-state index contributed by atoms with van der Waals surface area (Å²) >= 11 is 0. The molecular formula is C19H20FN3O. The molecule has 0 spiro atoms. The molecule has 0 aliphatic heterocycles. The Balaban J connectivity index is 1.67. The summed E-state index contributed by atoms with van der Waals surface area (Å²) in [5.41, 5.74) is 11.5. The topological polar surface area (TPSA) is 63.1 Å². The van der Waals surface area contributed by atoms with Crippen molar-refractivity contribution >= 4 is 22.3 Å². The number of rotatable bonds is 3. The molecule has 1 aliphatic carbocycles. The maximum Gasteiger partial charge on any atom is 0.167 e. The van der Waals surface area contributed by atoms with E-state index >= 15 is 0 Å². The van der Waals surface area contributed by atoms with Gasteiger partial charge in [-0.3, -0.25) is 0 Å². The summed E-state index contributed by atoms with van der Waals surface area (Å²) in [7, 11) is 1.46. The number of benzene rings is 2. The van der Waals surface area contributed by atoms with Gasteiger partial charge in [-0.1, -0.05) is 0 Å². The van der Waals surface area contributed by atoms with Crippen LogP contribution in [0.5, 0.6) is 5.75 Å². The maximum atomic E-state index is 13.8. The Morgan fingerprint density at radius 1 is 1.21 bits per heavy atom. The number of ether oxygens (including phenoxy) is 1. The molecule has 1 aliphatic rings. The van der Waals surface area contributed by atoms with Crippen molar-refractivity contribution in [3.05, 3.63) is 53.5 Å². The fourth-order valence-corrected chi connectivity index (χ4v) is 3.43. The number of nitrogens with one attached hydrogen (secondary N) is 2. The van der Waals surface area contributed by atoms with E-state index in [1.165, 1.54) is 29.8 Å². The van der Waals surface area contributed by atoms with Crippen LogP contribution in [0.2, 0.25) is 0 Å². The Hall–Kier alpha value is -2.53. The Labute approximate surface area is 139 Å². The molecule has 0 amide bonds. The third kappa shape index (κ3) is 2.61. The fraction of sp³-hybridized carbons (Fsp3) is 0.263. The largest absolute Gasteiger partial charge is 0.494 e. The second-order valence-electron chi connectivity index (χ2n) is 6.32. The van der Waals surface area contributed by atoms with Gasteiger partial charge >= 0.3 is 0 Å². The van der Waals surface area contributed by atoms with Gasteiger partial charge in [0.15, 0.2) is 11.6 Å². The Kier molecular flexibility index (Phi) is 3.65. The van der Waals surface area contributed by atoms with E-state index in [1.54, 1.807) is 12.1 Å². The second-order valence-corrected chi connectivity index (χ2v) is 6.32. The molecule has 2 aromatic carbocycles. The van der Waals surface area contributed by atoms with Crippen LogP contribution in [0, 0.1) is 5.82 Å². The normalized spacial score (nSPS) is 16.9. The average Bonchev–Trinajstić information content (AvgIpc) is 2.92. The summed E-state index contributed by atoms with van der Waals surface area (Å²) in [6.45, 7) is 0. The van der Waals surface area contributed by atoms with Crippen LogP contribution in [0.25, 0.3) is 10.9 Å². The van der Waals surface area contributed by atoms with E-state index in [0.29, 0.717) is 5.69 Å². The Morgan fingerprint density at radius 3 is 2.79 bits per heavy atom. The van der Waals surface area contributed by atoms with Gasteiger partial charge in [-0.15, -0.1) is 0 Å². The summed E-state index contributed by atoms with van der Waals surface area (Å²) in [4.78, 5) is 3.49. The van der Waals surface area contributed by atoms with Gasteiger partial charge in [0, 0.05) is 40.1 Å². The van der Waals surface area contributed by atoms with Crippen molar-refractivity contribution in [2.24, 2.45) is 5.73 Å². The Bertz CT molecular complexity index is 903. The third-order valence-electron chi connectivity index (χ3n) is 4.67. The molecule has 1 atom stereocenters. The lowest BCUT2D eigenvalue weighted by atomic mass is 9.92. The van der Waals surface area contributed by atoms with Crippen molar-refractivity contribution in [2.45, 2.75) is 25.3 Å². The summed E-state index contributed by atoms with van der Waals surface area (Å²) in [5.74, 6) is -0.140. The second kappa shape index (κ2) is 5.83. The van der Waals surface area contributed by atoms with Gasteiger partial charge in [-0.2, -0.15) is 0 Å². The first-order chi connectivity index (χ1) is 11.6. The number of methoxy groups -OCH3 is 1. The molecule has 1 heterocycles. The molecule has 0 fully saturated rings. The number of aromatic nitrogens is 1. The van der Waals surface area contributed by atoms with Gasteiger partial charge in [0.05, 0.1) is 7.11 Å². The first kappa shape index (κ1) is 15.0. The van der Waals surface area contributed by atoms with Crippen LogP contribution in [0.1, 0.15) is 17.7 Å². The monoisotopic (exact) mass is 325 g/mol. The molecule has 0 bridgehead atoms. The van der Waals surface area contributed by atoms with Crippen LogP contribution >= 0.6 is 0 Å². The molecule has 0 saturated carbocycles. The number of halogens is 1. The van der Waals surface area contributed by atoms with Crippen LogP contribution in [0.3, 0.4) is 0 Å². The number of nitrogens with two attached hydrogens (primary N) is 1. The SMILES string of the molecule is COc1ccc(Nc2ccc3[nH]c4c(c3c2)CC(N)CC4)cc1F. The summed E-state index contributed by atoms with van der Waals surface area (Å²) in [6, 6.07) is 11.2. The zero-order valence-electron chi connectivity index (χ0n) is 13.5. The van der Waals surface area contributed by atoms with Crippen molar-refractivity contribution in [3.8, 4) is 5.75 Å². The highest BCUT2D eigenvalue weighted by atomic mass is 19.1. The number of aryl methyl sites for hydroxylation is 1. The lowest BCUT2D eigenvalue weighted by Crippen LogP contribution is -2.27. The predicted octanol–water partition coefficient (Wildman–Crippen LogP) is 3.88. The first-order valence-electron chi connectivity index (χ1n) is 8.13. The molecule has 124 valence electrons. The van der Waals surface area contributed by atoms with Crippen LogP contribution in [0.4, 0.5) is 15.8 Å². The van der Waals surface area contributed by atoms with Crippen LogP contribution in [-0.2, 0) is 12.8 Å². The zero-order valence-corrected chi connectivity index (χ0v) is 13.5. The van der Waals surface area contributed by atoms with Crippen LogP contribution in [-0.4, -0.2) is 18.1 Å². The molecule has 0 saturated heterocycles. The van der Waals surface area contributed by atoms with Gasteiger partial charge in [0.25, 0.3) is 0 Å². The molecular weight excluding hydrogens is 305 g/mol. The van der Waals surface area contributed by atoms with Gasteiger partial charge in [-0.05, 0) is 55.2 Å². The molecule has 4 N–H and O–H groups in total. The maximum absolute atomic E-state index is 13.8. The summed E-state index contributed by atoms with van der Waals surface area (Å²) < 4.78 is 18.8.